The molecule has 2 saturated carbocycles. The van der Waals surface area contributed by atoms with Crippen molar-refractivity contribution in [2.45, 2.75) is 128 Å². The Morgan fingerprint density at radius 2 is 1.51 bits per heavy atom. The fourth-order valence-electron chi connectivity index (χ4n) is 7.48. The van der Waals surface area contributed by atoms with Crippen molar-refractivity contribution in [3.63, 3.8) is 0 Å². The number of nitrogens with two attached hydrogens (primary N) is 1. The van der Waals surface area contributed by atoms with Crippen molar-refractivity contribution < 1.29 is 9.59 Å². The van der Waals surface area contributed by atoms with Gasteiger partial charge < -0.3 is 16.0 Å². The van der Waals surface area contributed by atoms with Crippen LogP contribution >= 0.6 is 0 Å². The summed E-state index contributed by atoms with van der Waals surface area (Å²) in [5, 5.41) is 3.08. The van der Waals surface area contributed by atoms with Crippen LogP contribution in [0.2, 0.25) is 0 Å². The number of carbonyl (C=O) groups excluding carboxylic acids is 2. The number of benzene rings is 1. The second-order valence-electron chi connectivity index (χ2n) is 12.8. The second-order valence-corrected chi connectivity index (χ2v) is 12.8. The molecule has 0 unspecified atom stereocenters. The molecule has 3 N–H and O–H groups in total. The number of rotatable bonds is 11. The van der Waals surface area contributed by atoms with Gasteiger partial charge in [0.2, 0.25) is 0 Å². The number of aliphatic imine (C=N–C) groups is 1. The van der Waals surface area contributed by atoms with Crippen LogP contribution in [0, 0.1) is 11.8 Å². The van der Waals surface area contributed by atoms with Crippen LogP contribution in [0.15, 0.2) is 29.3 Å². The van der Waals surface area contributed by atoms with Crippen LogP contribution in [0.5, 0.6) is 0 Å². The number of hydrogen-bond acceptors (Lipinski definition) is 4. The van der Waals surface area contributed by atoms with Crippen molar-refractivity contribution in [1.82, 2.24) is 15.1 Å². The molecule has 214 valence electrons. The summed E-state index contributed by atoms with van der Waals surface area (Å²) < 4.78 is 0. The topological polar surface area (TPSA) is 91.0 Å². The number of hydrogen-bond donors (Lipinski definition) is 2. The van der Waals surface area contributed by atoms with Crippen molar-refractivity contribution in [3.8, 4) is 0 Å². The van der Waals surface area contributed by atoms with Gasteiger partial charge in [-0.2, -0.15) is 0 Å². The van der Waals surface area contributed by atoms with Gasteiger partial charge in [0.1, 0.15) is 5.54 Å². The molecule has 4 aliphatic rings. The minimum atomic E-state index is -0.679. The molecule has 5 rings (SSSR count). The van der Waals surface area contributed by atoms with Gasteiger partial charge in [-0.15, -0.1) is 0 Å². The lowest BCUT2D eigenvalue weighted by Crippen LogP contribution is -2.45. The molecule has 2 atom stereocenters. The Kier molecular flexibility index (Phi) is 9.13. The molecule has 2 aliphatic heterocycles. The first kappa shape index (κ1) is 28.0. The second kappa shape index (κ2) is 12.7. The van der Waals surface area contributed by atoms with E-state index >= 15 is 0 Å². The van der Waals surface area contributed by atoms with Crippen molar-refractivity contribution in [1.29, 1.82) is 0 Å². The Hall–Kier alpha value is -2.57. The summed E-state index contributed by atoms with van der Waals surface area (Å²) >= 11 is 0. The van der Waals surface area contributed by atoms with Gasteiger partial charge in [-0.3, -0.25) is 9.69 Å². The highest BCUT2D eigenvalue weighted by Gasteiger charge is 2.48. The average molecular weight is 536 g/mol. The summed E-state index contributed by atoms with van der Waals surface area (Å²) in [5.41, 5.74) is 7.96. The molecule has 3 fully saturated rings. The first-order valence-electron chi connectivity index (χ1n) is 15.8. The summed E-state index contributed by atoms with van der Waals surface area (Å²) in [6.45, 7) is 3.96. The fraction of sp³-hybridized carbons (Fsp3) is 0.719. The number of nitrogens with zero attached hydrogens (tertiary/aromatic N) is 3. The minimum absolute atomic E-state index is 0.0201. The zero-order valence-corrected chi connectivity index (χ0v) is 24.0. The van der Waals surface area contributed by atoms with Gasteiger partial charge in [-0.25, -0.2) is 9.79 Å². The Morgan fingerprint density at radius 1 is 0.897 bits per heavy atom. The van der Waals surface area contributed by atoms with Crippen LogP contribution in [-0.4, -0.2) is 45.8 Å². The van der Waals surface area contributed by atoms with E-state index in [2.05, 4.69) is 36.5 Å². The van der Waals surface area contributed by atoms with E-state index in [1.807, 2.05) is 4.90 Å². The molecule has 0 bridgehead atoms. The summed E-state index contributed by atoms with van der Waals surface area (Å²) in [4.78, 5) is 35.0. The Morgan fingerprint density at radius 3 is 2.15 bits per heavy atom. The van der Waals surface area contributed by atoms with E-state index < -0.39 is 5.54 Å². The first-order valence-corrected chi connectivity index (χ1v) is 15.8. The number of urea groups is 1. The van der Waals surface area contributed by atoms with E-state index in [4.69, 9.17) is 10.7 Å². The molecule has 1 aromatic rings. The molecule has 1 aromatic carbocycles. The van der Waals surface area contributed by atoms with Gasteiger partial charge >= 0.3 is 6.03 Å². The molecular formula is C32H49N5O2. The van der Waals surface area contributed by atoms with Gasteiger partial charge in [0, 0.05) is 19.1 Å². The van der Waals surface area contributed by atoms with Crippen molar-refractivity contribution in [2.24, 2.45) is 22.6 Å². The van der Waals surface area contributed by atoms with E-state index in [0.29, 0.717) is 25.0 Å². The third-order valence-electron chi connectivity index (χ3n) is 9.72. The summed E-state index contributed by atoms with van der Waals surface area (Å²) in [5.74, 6) is 1.80. The standard InChI is InChI=1S/C32H49N5O2/c1-2-9-28-23-36(31(39)34-28)21-26-14-16-27(17-15-26)22-37-29(38)32(35-30(37)33,20-25-12-7-4-8-13-25)19-18-24-10-5-3-6-11-24/h14-17,24-25,28H,2-13,18-23H2,1H3,(H2,33,35)(H,34,39)/t28-,32+/m0/s1. The first-order chi connectivity index (χ1) is 19.0. The lowest BCUT2D eigenvalue weighted by atomic mass is 9.75. The SMILES string of the molecule is CCC[C@H]1CN(Cc2ccc(CN3C(=O)[C@@](CCC4CCCCC4)(CC4CCCCC4)N=C3N)cc2)C(=O)N1. The zero-order valence-electron chi connectivity index (χ0n) is 24.0. The lowest BCUT2D eigenvalue weighted by molar-refractivity contribution is -0.132. The van der Waals surface area contributed by atoms with Crippen LogP contribution in [-0.2, 0) is 17.9 Å². The van der Waals surface area contributed by atoms with Crippen molar-refractivity contribution >= 4 is 17.9 Å². The molecule has 3 amide bonds. The Bertz CT molecular complexity index is 1010. The lowest BCUT2D eigenvalue weighted by Gasteiger charge is -2.33. The monoisotopic (exact) mass is 535 g/mol. The van der Waals surface area contributed by atoms with E-state index in [0.717, 1.165) is 55.7 Å². The number of guanidine groups is 1. The van der Waals surface area contributed by atoms with E-state index in [-0.39, 0.29) is 18.0 Å². The fourth-order valence-corrected chi connectivity index (χ4v) is 7.48. The van der Waals surface area contributed by atoms with Gasteiger partial charge in [0.05, 0.1) is 6.54 Å². The highest BCUT2D eigenvalue weighted by Crippen LogP contribution is 2.41. The molecular weight excluding hydrogens is 486 g/mol. The highest BCUT2D eigenvalue weighted by atomic mass is 16.2. The molecule has 0 aromatic heterocycles. The molecule has 39 heavy (non-hydrogen) atoms. The zero-order chi connectivity index (χ0) is 27.2. The number of carbonyl (C=O) groups is 2. The van der Waals surface area contributed by atoms with Crippen LogP contribution in [0.1, 0.15) is 114 Å². The van der Waals surface area contributed by atoms with Gasteiger partial charge in [-0.05, 0) is 48.6 Å². The summed E-state index contributed by atoms with van der Waals surface area (Å²) in [6, 6.07) is 8.54. The quantitative estimate of drug-likeness (QED) is 0.358. The molecule has 7 heteroatoms. The van der Waals surface area contributed by atoms with Crippen molar-refractivity contribution in [3.05, 3.63) is 35.4 Å². The third kappa shape index (κ3) is 6.78. The summed E-state index contributed by atoms with van der Waals surface area (Å²) in [6.07, 6.45) is 17.7. The highest BCUT2D eigenvalue weighted by molar-refractivity contribution is 6.06. The molecule has 2 aliphatic carbocycles. The van der Waals surface area contributed by atoms with Crippen LogP contribution in [0.3, 0.4) is 0 Å². The van der Waals surface area contributed by atoms with Crippen LogP contribution < -0.4 is 11.1 Å². The van der Waals surface area contributed by atoms with Crippen molar-refractivity contribution in [2.75, 3.05) is 6.54 Å². The largest absolute Gasteiger partial charge is 0.369 e. The summed E-state index contributed by atoms with van der Waals surface area (Å²) in [7, 11) is 0. The van der Waals surface area contributed by atoms with E-state index in [9.17, 15) is 9.59 Å². The molecule has 2 heterocycles. The average Bonchev–Trinajstić information content (AvgIpc) is 3.40. The molecule has 7 nitrogen and oxygen atoms in total. The van der Waals surface area contributed by atoms with Gasteiger partial charge in [0.25, 0.3) is 5.91 Å². The van der Waals surface area contributed by atoms with Gasteiger partial charge in [0.15, 0.2) is 5.96 Å². The predicted octanol–water partition coefficient (Wildman–Crippen LogP) is 6.11. The Labute approximate surface area is 235 Å². The van der Waals surface area contributed by atoms with Gasteiger partial charge in [-0.1, -0.05) is 102 Å². The maximum Gasteiger partial charge on any atom is 0.318 e. The maximum absolute atomic E-state index is 14.1. The van der Waals surface area contributed by atoms with E-state index in [1.54, 1.807) is 4.90 Å². The smallest absolute Gasteiger partial charge is 0.318 e. The van der Waals surface area contributed by atoms with Crippen LogP contribution in [0.4, 0.5) is 4.79 Å². The molecule has 0 spiro atoms. The maximum atomic E-state index is 14.1. The van der Waals surface area contributed by atoms with E-state index in [1.165, 1.54) is 64.2 Å². The molecule has 1 saturated heterocycles. The number of nitrogens with one attached hydrogen (secondary N) is 1. The Balaban J connectivity index is 1.23. The predicted molar refractivity (Wildman–Crippen MR) is 156 cm³/mol. The normalized spacial score (nSPS) is 26.8. The number of amides is 3. The minimum Gasteiger partial charge on any atom is -0.369 e. The third-order valence-corrected chi connectivity index (χ3v) is 9.72. The molecule has 0 radical (unpaired) electrons. The van der Waals surface area contributed by atoms with Crippen LogP contribution in [0.25, 0.3) is 0 Å².